The molecule has 2 aromatic heterocycles. The second-order valence-corrected chi connectivity index (χ2v) is 6.68. The van der Waals surface area contributed by atoms with Gasteiger partial charge in [0.25, 0.3) is 0 Å². The number of ether oxygens (including phenoxy) is 1. The third-order valence-corrected chi connectivity index (χ3v) is 4.49. The molecule has 0 saturated heterocycles. The maximum Gasteiger partial charge on any atom is 0.343 e. The minimum absolute atomic E-state index is 0.314. The van der Waals surface area contributed by atoms with Crippen LogP contribution in [0.5, 0.6) is 5.75 Å². The zero-order valence-corrected chi connectivity index (χ0v) is 15.7. The Balaban J connectivity index is 1.57. The molecule has 0 amide bonds. The van der Waals surface area contributed by atoms with Gasteiger partial charge in [-0.3, -0.25) is 0 Å². The number of nitrogens with zero attached hydrogens (tertiary/aromatic N) is 2. The number of carbonyl (C=O) groups excluding carboxylic acids is 1. The summed E-state index contributed by atoms with van der Waals surface area (Å²) in [6, 6.07) is 15.4. The molecule has 0 unspecified atom stereocenters. The van der Waals surface area contributed by atoms with Crippen LogP contribution in [0.3, 0.4) is 0 Å². The highest BCUT2D eigenvalue weighted by Gasteiger charge is 2.12. The molecule has 28 heavy (non-hydrogen) atoms. The van der Waals surface area contributed by atoms with Gasteiger partial charge in [-0.05, 0) is 68.8 Å². The highest BCUT2D eigenvalue weighted by atomic mass is 16.5. The lowest BCUT2D eigenvalue weighted by Gasteiger charge is -2.08. The van der Waals surface area contributed by atoms with E-state index in [2.05, 4.69) is 5.10 Å². The zero-order chi connectivity index (χ0) is 19.8. The third-order valence-electron chi connectivity index (χ3n) is 4.49. The monoisotopic (exact) mass is 374 g/mol. The molecule has 0 radical (unpaired) electrons. The molecule has 0 spiro atoms. The predicted molar refractivity (Wildman–Crippen MR) is 105 cm³/mol. The molecule has 140 valence electrons. The Morgan fingerprint density at radius 1 is 1.00 bits per heavy atom. The Morgan fingerprint density at radius 2 is 1.75 bits per heavy atom. The number of esters is 1. The number of aromatic nitrogens is 2. The van der Waals surface area contributed by atoms with E-state index in [0.29, 0.717) is 16.9 Å². The quantitative estimate of drug-likeness (QED) is 0.306. The third kappa shape index (κ3) is 3.32. The van der Waals surface area contributed by atoms with E-state index >= 15 is 0 Å². The summed E-state index contributed by atoms with van der Waals surface area (Å²) in [5.74, 6) is -0.178. The summed E-state index contributed by atoms with van der Waals surface area (Å²) in [7, 11) is 0. The molecule has 4 rings (SSSR count). The first-order chi connectivity index (χ1) is 13.4. The van der Waals surface area contributed by atoms with Crippen molar-refractivity contribution >= 4 is 16.9 Å². The van der Waals surface area contributed by atoms with Crippen molar-refractivity contribution in [3.8, 4) is 11.4 Å². The first kappa shape index (κ1) is 17.7. The van der Waals surface area contributed by atoms with Gasteiger partial charge in [-0.25, -0.2) is 14.3 Å². The van der Waals surface area contributed by atoms with Crippen LogP contribution in [-0.4, -0.2) is 15.7 Å². The van der Waals surface area contributed by atoms with E-state index < -0.39 is 11.6 Å². The Kier molecular flexibility index (Phi) is 4.31. The summed E-state index contributed by atoms with van der Waals surface area (Å²) in [5, 5.41) is 5.23. The second-order valence-electron chi connectivity index (χ2n) is 6.68. The van der Waals surface area contributed by atoms with Crippen LogP contribution in [0.25, 0.3) is 16.7 Å². The molecule has 0 N–H and O–H groups in total. The second kappa shape index (κ2) is 6.81. The van der Waals surface area contributed by atoms with Gasteiger partial charge in [0.2, 0.25) is 0 Å². The Morgan fingerprint density at radius 3 is 2.43 bits per heavy atom. The summed E-state index contributed by atoms with van der Waals surface area (Å²) in [5.41, 5.74) is 3.98. The average Bonchev–Trinajstić information content (AvgIpc) is 2.99. The number of fused-ring (bicyclic) bond motifs is 1. The van der Waals surface area contributed by atoms with Crippen LogP contribution in [-0.2, 0) is 0 Å². The summed E-state index contributed by atoms with van der Waals surface area (Å²) >= 11 is 0. The van der Waals surface area contributed by atoms with Crippen LogP contribution in [0.2, 0.25) is 0 Å². The predicted octanol–water partition coefficient (Wildman–Crippen LogP) is 4.12. The number of aryl methyl sites for hydroxylation is 3. The van der Waals surface area contributed by atoms with Crippen LogP contribution >= 0.6 is 0 Å². The molecule has 0 bridgehead atoms. The van der Waals surface area contributed by atoms with Gasteiger partial charge in [0.1, 0.15) is 11.3 Å². The van der Waals surface area contributed by atoms with Crippen molar-refractivity contribution in [2.75, 3.05) is 0 Å². The molecular formula is C22H18N2O4. The van der Waals surface area contributed by atoms with E-state index in [4.69, 9.17) is 9.15 Å². The lowest BCUT2D eigenvalue weighted by molar-refractivity contribution is 0.0735. The number of hydrogen-bond donors (Lipinski definition) is 0. The van der Waals surface area contributed by atoms with E-state index in [1.807, 2.05) is 43.7 Å². The summed E-state index contributed by atoms with van der Waals surface area (Å²) in [6.45, 7) is 5.74. The fourth-order valence-corrected chi connectivity index (χ4v) is 3.16. The van der Waals surface area contributed by atoms with Crippen LogP contribution < -0.4 is 10.4 Å². The zero-order valence-electron chi connectivity index (χ0n) is 15.7. The molecular weight excluding hydrogens is 356 g/mol. The van der Waals surface area contributed by atoms with E-state index in [0.717, 1.165) is 28.0 Å². The fraction of sp³-hybridized carbons (Fsp3) is 0.136. The molecule has 0 aliphatic carbocycles. The average molecular weight is 374 g/mol. The molecule has 0 saturated carbocycles. The lowest BCUT2D eigenvalue weighted by Crippen LogP contribution is -2.09. The molecule has 6 nitrogen and oxygen atoms in total. The number of carbonyl (C=O) groups is 1. The van der Waals surface area contributed by atoms with Gasteiger partial charge in [0.15, 0.2) is 0 Å². The normalized spacial score (nSPS) is 11.0. The summed E-state index contributed by atoms with van der Waals surface area (Å²) in [4.78, 5) is 24.0. The molecule has 0 atom stereocenters. The van der Waals surface area contributed by atoms with Gasteiger partial charge in [-0.2, -0.15) is 5.10 Å². The van der Waals surface area contributed by atoms with Gasteiger partial charge in [0, 0.05) is 23.2 Å². The van der Waals surface area contributed by atoms with Crippen molar-refractivity contribution < 1.29 is 13.9 Å². The minimum atomic E-state index is -0.491. The van der Waals surface area contributed by atoms with Crippen LogP contribution in [0.1, 0.15) is 27.3 Å². The minimum Gasteiger partial charge on any atom is -0.423 e. The van der Waals surface area contributed by atoms with Crippen molar-refractivity contribution in [1.29, 1.82) is 0 Å². The molecule has 0 aliphatic heterocycles. The van der Waals surface area contributed by atoms with E-state index in [-0.39, 0.29) is 0 Å². The summed E-state index contributed by atoms with van der Waals surface area (Å²) in [6.07, 6.45) is 0. The molecule has 6 heteroatoms. The Hall–Kier alpha value is -3.67. The first-order valence-electron chi connectivity index (χ1n) is 8.81. The molecule has 0 fully saturated rings. The number of hydrogen-bond acceptors (Lipinski definition) is 5. The smallest absolute Gasteiger partial charge is 0.343 e. The van der Waals surface area contributed by atoms with Crippen molar-refractivity contribution in [3.63, 3.8) is 0 Å². The summed E-state index contributed by atoms with van der Waals surface area (Å²) < 4.78 is 12.4. The van der Waals surface area contributed by atoms with E-state index in [1.54, 1.807) is 30.3 Å². The largest absolute Gasteiger partial charge is 0.423 e. The van der Waals surface area contributed by atoms with Crippen LogP contribution in [0.15, 0.2) is 63.8 Å². The highest BCUT2D eigenvalue weighted by Crippen LogP contribution is 2.23. The first-order valence-corrected chi connectivity index (χ1v) is 8.81. The maximum absolute atomic E-state index is 12.5. The van der Waals surface area contributed by atoms with Crippen molar-refractivity contribution in [2.45, 2.75) is 20.8 Å². The topological polar surface area (TPSA) is 74.3 Å². The van der Waals surface area contributed by atoms with E-state index in [9.17, 15) is 9.59 Å². The SMILES string of the molecule is Cc1cc(C)n(-c2ccc(C(=O)Oc3ccc4c(C)cc(=O)oc4c3)cc2)n1. The van der Waals surface area contributed by atoms with Gasteiger partial charge in [-0.1, -0.05) is 0 Å². The van der Waals surface area contributed by atoms with E-state index in [1.165, 1.54) is 6.07 Å². The van der Waals surface area contributed by atoms with Gasteiger partial charge in [0.05, 0.1) is 16.9 Å². The Bertz CT molecular complexity index is 1250. The van der Waals surface area contributed by atoms with Crippen molar-refractivity contribution in [2.24, 2.45) is 0 Å². The fourth-order valence-electron chi connectivity index (χ4n) is 3.16. The van der Waals surface area contributed by atoms with Crippen molar-refractivity contribution in [1.82, 2.24) is 9.78 Å². The Labute approximate surface area is 161 Å². The molecule has 0 aliphatic rings. The van der Waals surface area contributed by atoms with Gasteiger partial charge < -0.3 is 9.15 Å². The van der Waals surface area contributed by atoms with Gasteiger partial charge >= 0.3 is 11.6 Å². The van der Waals surface area contributed by atoms with Gasteiger partial charge in [-0.15, -0.1) is 0 Å². The molecule has 2 heterocycles. The lowest BCUT2D eigenvalue weighted by atomic mass is 10.1. The van der Waals surface area contributed by atoms with Crippen LogP contribution in [0, 0.1) is 20.8 Å². The van der Waals surface area contributed by atoms with Crippen molar-refractivity contribution in [3.05, 3.63) is 87.5 Å². The molecule has 2 aromatic carbocycles. The highest BCUT2D eigenvalue weighted by molar-refractivity contribution is 5.92. The maximum atomic E-state index is 12.5. The standard InChI is InChI=1S/C22H18N2O4/c1-13-10-21(25)28-20-12-18(8-9-19(13)20)27-22(26)16-4-6-17(7-5-16)24-15(3)11-14(2)23-24/h4-12H,1-3H3. The molecule has 4 aromatic rings. The number of rotatable bonds is 3. The van der Waals surface area contributed by atoms with Crippen LogP contribution in [0.4, 0.5) is 0 Å². The number of benzene rings is 2.